The zero-order valence-electron chi connectivity index (χ0n) is 12.8. The Morgan fingerprint density at radius 3 is 2.52 bits per heavy atom. The lowest BCUT2D eigenvalue weighted by Gasteiger charge is -2.06. The average Bonchev–Trinajstić information content (AvgIpc) is 2.77. The number of benzene rings is 1. The fourth-order valence-corrected chi connectivity index (χ4v) is 2.28. The first-order valence-corrected chi connectivity index (χ1v) is 7.22. The first kappa shape index (κ1) is 15.2. The van der Waals surface area contributed by atoms with Crippen molar-refractivity contribution in [3.63, 3.8) is 0 Å². The number of aromatic nitrogens is 1. The number of hydrogen-bond acceptors (Lipinski definition) is 2. The molecule has 0 fully saturated rings. The van der Waals surface area contributed by atoms with Gasteiger partial charge in [-0.05, 0) is 50.1 Å². The maximum absolute atomic E-state index is 12.0. The zero-order chi connectivity index (χ0) is 15.2. The number of aromatic amines is 1. The van der Waals surface area contributed by atoms with Gasteiger partial charge >= 0.3 is 0 Å². The number of amides is 1. The molecule has 1 heterocycles. The molecule has 2 aromatic rings. The third kappa shape index (κ3) is 4.38. The molecule has 4 heteroatoms. The molecule has 0 saturated carbocycles. The van der Waals surface area contributed by atoms with E-state index >= 15 is 0 Å². The van der Waals surface area contributed by atoms with E-state index in [2.05, 4.69) is 16.4 Å². The van der Waals surface area contributed by atoms with Crippen molar-refractivity contribution < 1.29 is 9.53 Å². The van der Waals surface area contributed by atoms with Crippen molar-refractivity contribution in [2.45, 2.75) is 33.7 Å². The van der Waals surface area contributed by atoms with Gasteiger partial charge in [-0.1, -0.05) is 12.1 Å². The van der Waals surface area contributed by atoms with Gasteiger partial charge in [0.05, 0.1) is 13.0 Å². The Morgan fingerprint density at radius 1 is 1.24 bits per heavy atom. The molecule has 0 radical (unpaired) electrons. The predicted molar refractivity (Wildman–Crippen MR) is 83.4 cm³/mol. The van der Waals surface area contributed by atoms with Crippen LogP contribution < -0.4 is 10.1 Å². The van der Waals surface area contributed by atoms with Crippen LogP contribution in [0.1, 0.15) is 29.4 Å². The van der Waals surface area contributed by atoms with Gasteiger partial charge in [0, 0.05) is 17.9 Å². The average molecular weight is 286 g/mol. The summed E-state index contributed by atoms with van der Waals surface area (Å²) in [6, 6.07) is 9.70. The first-order chi connectivity index (χ1) is 10.1. The van der Waals surface area contributed by atoms with E-state index in [1.165, 1.54) is 0 Å². The minimum Gasteiger partial charge on any atom is -0.494 e. The van der Waals surface area contributed by atoms with Gasteiger partial charge in [0.2, 0.25) is 5.91 Å². The molecular formula is C17H22N2O2. The minimum atomic E-state index is 0.0254. The van der Waals surface area contributed by atoms with Crippen LogP contribution >= 0.6 is 0 Å². The van der Waals surface area contributed by atoms with Gasteiger partial charge in [0.15, 0.2) is 0 Å². The second-order valence-corrected chi connectivity index (χ2v) is 5.13. The normalized spacial score (nSPS) is 10.4. The molecule has 2 rings (SSSR count). The molecule has 1 aromatic carbocycles. The molecule has 0 unspecified atom stereocenters. The highest BCUT2D eigenvalue weighted by atomic mass is 16.5. The number of ether oxygens (including phenoxy) is 1. The Hall–Kier alpha value is -2.23. The van der Waals surface area contributed by atoms with Gasteiger partial charge in [0.1, 0.15) is 5.75 Å². The highest BCUT2D eigenvalue weighted by Gasteiger charge is 2.06. The highest BCUT2D eigenvalue weighted by molar-refractivity contribution is 5.78. The van der Waals surface area contributed by atoms with Crippen LogP contribution in [0.15, 0.2) is 30.3 Å². The molecule has 0 saturated heterocycles. The lowest BCUT2D eigenvalue weighted by molar-refractivity contribution is -0.120. The Morgan fingerprint density at radius 2 is 1.95 bits per heavy atom. The lowest BCUT2D eigenvalue weighted by atomic mass is 10.1. The maximum atomic E-state index is 12.0. The molecule has 1 aromatic heterocycles. The maximum Gasteiger partial charge on any atom is 0.224 e. The van der Waals surface area contributed by atoms with E-state index in [4.69, 9.17) is 4.74 Å². The number of nitrogens with one attached hydrogen (secondary N) is 2. The SMILES string of the molecule is CCOc1ccc(CC(=O)NCc2cc(C)[nH]c2C)cc1. The largest absolute Gasteiger partial charge is 0.494 e. The highest BCUT2D eigenvalue weighted by Crippen LogP contribution is 2.13. The topological polar surface area (TPSA) is 54.1 Å². The molecular weight excluding hydrogens is 264 g/mol. The van der Waals surface area contributed by atoms with Gasteiger partial charge in [-0.3, -0.25) is 4.79 Å². The van der Waals surface area contributed by atoms with Crippen LogP contribution in [0.2, 0.25) is 0 Å². The van der Waals surface area contributed by atoms with Crippen molar-refractivity contribution in [3.05, 3.63) is 52.8 Å². The second-order valence-electron chi connectivity index (χ2n) is 5.13. The standard InChI is InChI=1S/C17H22N2O2/c1-4-21-16-7-5-14(6-8-16)10-17(20)18-11-15-9-12(2)19-13(15)3/h5-9,19H,4,10-11H2,1-3H3,(H,18,20). The molecule has 4 nitrogen and oxygen atoms in total. The van der Waals surface area contributed by atoms with E-state index in [1.54, 1.807) is 0 Å². The number of H-pyrrole nitrogens is 1. The van der Waals surface area contributed by atoms with E-state index < -0.39 is 0 Å². The second kappa shape index (κ2) is 6.97. The smallest absolute Gasteiger partial charge is 0.224 e. The molecule has 112 valence electrons. The van der Waals surface area contributed by atoms with Gasteiger partial charge in [0.25, 0.3) is 0 Å². The summed E-state index contributed by atoms with van der Waals surface area (Å²) in [6.45, 7) is 7.19. The zero-order valence-corrected chi connectivity index (χ0v) is 12.8. The van der Waals surface area contributed by atoms with Crippen molar-refractivity contribution in [3.8, 4) is 5.75 Å². The molecule has 0 aliphatic rings. The van der Waals surface area contributed by atoms with Gasteiger partial charge < -0.3 is 15.0 Å². The van der Waals surface area contributed by atoms with Gasteiger partial charge in [-0.25, -0.2) is 0 Å². The van der Waals surface area contributed by atoms with E-state index in [0.29, 0.717) is 19.6 Å². The number of rotatable bonds is 6. The Kier molecular flexibility index (Phi) is 5.04. The summed E-state index contributed by atoms with van der Waals surface area (Å²) in [6.07, 6.45) is 0.384. The fourth-order valence-electron chi connectivity index (χ4n) is 2.28. The van der Waals surface area contributed by atoms with Crippen LogP contribution in [-0.2, 0) is 17.8 Å². The molecule has 0 bridgehead atoms. The molecule has 0 aliphatic heterocycles. The lowest BCUT2D eigenvalue weighted by Crippen LogP contribution is -2.24. The van der Waals surface area contributed by atoms with Crippen LogP contribution in [0.3, 0.4) is 0 Å². The van der Waals surface area contributed by atoms with E-state index in [1.807, 2.05) is 45.0 Å². The van der Waals surface area contributed by atoms with Crippen LogP contribution in [0, 0.1) is 13.8 Å². The van der Waals surface area contributed by atoms with Crippen LogP contribution in [0.5, 0.6) is 5.75 Å². The minimum absolute atomic E-state index is 0.0254. The third-order valence-electron chi connectivity index (χ3n) is 3.33. The quantitative estimate of drug-likeness (QED) is 0.858. The van der Waals surface area contributed by atoms with Crippen molar-refractivity contribution in [2.24, 2.45) is 0 Å². The van der Waals surface area contributed by atoms with E-state index in [0.717, 1.165) is 28.3 Å². The number of carbonyl (C=O) groups excluding carboxylic acids is 1. The molecule has 0 spiro atoms. The molecule has 0 atom stereocenters. The third-order valence-corrected chi connectivity index (χ3v) is 3.33. The monoisotopic (exact) mass is 286 g/mol. The Balaban J connectivity index is 1.85. The Labute approximate surface area is 125 Å². The van der Waals surface area contributed by atoms with Crippen molar-refractivity contribution in [1.82, 2.24) is 10.3 Å². The summed E-state index contributed by atoms with van der Waals surface area (Å²) in [5.41, 5.74) is 4.34. The number of carbonyl (C=O) groups is 1. The summed E-state index contributed by atoms with van der Waals surface area (Å²) in [7, 11) is 0. The Bertz CT molecular complexity index is 600. The van der Waals surface area contributed by atoms with Crippen molar-refractivity contribution in [1.29, 1.82) is 0 Å². The van der Waals surface area contributed by atoms with E-state index in [-0.39, 0.29) is 5.91 Å². The molecule has 0 aliphatic carbocycles. The first-order valence-electron chi connectivity index (χ1n) is 7.22. The molecule has 2 N–H and O–H groups in total. The van der Waals surface area contributed by atoms with Crippen LogP contribution in [0.4, 0.5) is 0 Å². The van der Waals surface area contributed by atoms with E-state index in [9.17, 15) is 4.79 Å². The van der Waals surface area contributed by atoms with Crippen LogP contribution in [-0.4, -0.2) is 17.5 Å². The molecule has 21 heavy (non-hydrogen) atoms. The molecule has 1 amide bonds. The summed E-state index contributed by atoms with van der Waals surface area (Å²) < 4.78 is 5.38. The number of hydrogen-bond donors (Lipinski definition) is 2. The van der Waals surface area contributed by atoms with Crippen molar-refractivity contribution >= 4 is 5.91 Å². The summed E-state index contributed by atoms with van der Waals surface area (Å²) in [4.78, 5) is 15.2. The summed E-state index contributed by atoms with van der Waals surface area (Å²) in [5, 5.41) is 2.95. The van der Waals surface area contributed by atoms with Gasteiger partial charge in [-0.15, -0.1) is 0 Å². The fraction of sp³-hybridized carbons (Fsp3) is 0.353. The summed E-state index contributed by atoms with van der Waals surface area (Å²) in [5.74, 6) is 0.859. The summed E-state index contributed by atoms with van der Waals surface area (Å²) >= 11 is 0. The number of aryl methyl sites for hydroxylation is 2. The van der Waals surface area contributed by atoms with Crippen LogP contribution in [0.25, 0.3) is 0 Å². The van der Waals surface area contributed by atoms with Gasteiger partial charge in [-0.2, -0.15) is 0 Å². The van der Waals surface area contributed by atoms with Crippen molar-refractivity contribution in [2.75, 3.05) is 6.61 Å². The predicted octanol–water partition coefficient (Wildman–Crippen LogP) is 2.89.